The summed E-state index contributed by atoms with van der Waals surface area (Å²) in [5, 5.41) is 0. The maximum Gasteiger partial charge on any atom is -0.0266 e. The summed E-state index contributed by atoms with van der Waals surface area (Å²) in [4.78, 5) is 0. The van der Waals surface area contributed by atoms with Crippen molar-refractivity contribution in [3.8, 4) is 0 Å². The Morgan fingerprint density at radius 2 is 1.57 bits per heavy atom. The van der Waals surface area contributed by atoms with Crippen LogP contribution in [-0.2, 0) is 0 Å². The van der Waals surface area contributed by atoms with Crippen molar-refractivity contribution < 1.29 is 0 Å². The first kappa shape index (κ1) is 14.6. The maximum atomic E-state index is 2.71. The average molecular weight is 289 g/mol. The molecule has 4 rings (SSSR count). The highest BCUT2D eigenvalue weighted by molar-refractivity contribution is 5.08. The molecule has 0 bridgehead atoms. The molecule has 0 aromatic carbocycles. The lowest BCUT2D eigenvalue weighted by Gasteiger charge is -2.60. The van der Waals surface area contributed by atoms with Gasteiger partial charge in [0.25, 0.3) is 0 Å². The number of fused-ring (bicyclic) bond motifs is 5. The van der Waals surface area contributed by atoms with E-state index in [0.29, 0.717) is 5.41 Å². The van der Waals surface area contributed by atoms with Gasteiger partial charge in [-0.15, -0.1) is 0 Å². The fourth-order valence-electron chi connectivity index (χ4n) is 8.07. The third kappa shape index (κ3) is 1.93. The van der Waals surface area contributed by atoms with Crippen molar-refractivity contribution in [1.82, 2.24) is 0 Å². The maximum absolute atomic E-state index is 2.71. The Morgan fingerprint density at radius 3 is 2.38 bits per heavy atom. The average Bonchev–Trinajstić information content (AvgIpc) is 2.83. The van der Waals surface area contributed by atoms with Crippen LogP contribution in [0.4, 0.5) is 0 Å². The van der Waals surface area contributed by atoms with Gasteiger partial charge in [-0.2, -0.15) is 0 Å². The molecule has 0 heteroatoms. The molecule has 4 aliphatic rings. The summed E-state index contributed by atoms with van der Waals surface area (Å²) >= 11 is 0. The molecular formula is C21H36. The minimum Gasteiger partial charge on any atom is -0.0651 e. The van der Waals surface area contributed by atoms with Gasteiger partial charge in [-0.3, -0.25) is 0 Å². The predicted octanol–water partition coefficient (Wildman–Crippen LogP) is 6.45. The smallest absolute Gasteiger partial charge is 0.0266 e. The van der Waals surface area contributed by atoms with Crippen molar-refractivity contribution in [2.75, 3.05) is 0 Å². The van der Waals surface area contributed by atoms with Gasteiger partial charge >= 0.3 is 0 Å². The summed E-state index contributed by atoms with van der Waals surface area (Å²) in [7, 11) is 0. The van der Waals surface area contributed by atoms with E-state index < -0.39 is 0 Å². The molecule has 0 heterocycles. The molecule has 0 amide bonds. The first-order valence-electron chi connectivity index (χ1n) is 10.1. The van der Waals surface area contributed by atoms with Gasteiger partial charge in [-0.25, -0.2) is 0 Å². The van der Waals surface area contributed by atoms with E-state index in [1.165, 1.54) is 19.3 Å². The van der Waals surface area contributed by atoms with Crippen molar-refractivity contribution >= 4 is 0 Å². The van der Waals surface area contributed by atoms with E-state index in [4.69, 9.17) is 0 Å². The van der Waals surface area contributed by atoms with Crippen LogP contribution >= 0.6 is 0 Å². The van der Waals surface area contributed by atoms with Gasteiger partial charge in [0.2, 0.25) is 0 Å². The number of rotatable bonds is 1. The second kappa shape index (κ2) is 5.00. The van der Waals surface area contributed by atoms with Crippen molar-refractivity contribution in [2.45, 2.75) is 91.4 Å². The zero-order chi connectivity index (χ0) is 14.7. The summed E-state index contributed by atoms with van der Waals surface area (Å²) in [6.07, 6.45) is 17.0. The van der Waals surface area contributed by atoms with Crippen molar-refractivity contribution in [3.63, 3.8) is 0 Å². The van der Waals surface area contributed by atoms with Crippen LogP contribution in [0.1, 0.15) is 91.4 Å². The van der Waals surface area contributed by atoms with Gasteiger partial charge in [0.1, 0.15) is 0 Å². The van der Waals surface area contributed by atoms with E-state index in [-0.39, 0.29) is 0 Å². The summed E-state index contributed by atoms with van der Waals surface area (Å²) in [6.45, 7) is 7.84. The number of hydrogen-bond acceptors (Lipinski definition) is 0. The van der Waals surface area contributed by atoms with Gasteiger partial charge in [0.05, 0.1) is 0 Å². The van der Waals surface area contributed by atoms with E-state index in [9.17, 15) is 0 Å². The van der Waals surface area contributed by atoms with E-state index in [0.717, 1.165) is 35.0 Å². The summed E-state index contributed by atoms with van der Waals surface area (Å²) in [5.41, 5.74) is 1.45. The lowest BCUT2D eigenvalue weighted by Crippen LogP contribution is -2.52. The fraction of sp³-hybridized carbons (Fsp3) is 1.00. The molecule has 4 saturated carbocycles. The van der Waals surface area contributed by atoms with Crippen LogP contribution < -0.4 is 0 Å². The second-order valence-corrected chi connectivity index (χ2v) is 9.63. The Bertz CT molecular complexity index is 399. The largest absolute Gasteiger partial charge is 0.0651 e. The Kier molecular flexibility index (Phi) is 3.47. The van der Waals surface area contributed by atoms with Crippen molar-refractivity contribution in [3.05, 3.63) is 0 Å². The summed E-state index contributed by atoms with van der Waals surface area (Å²) < 4.78 is 0. The third-order valence-corrected chi connectivity index (χ3v) is 9.27. The molecule has 4 fully saturated rings. The normalized spacial score (nSPS) is 56.4. The first-order valence-corrected chi connectivity index (χ1v) is 10.1. The fourth-order valence-corrected chi connectivity index (χ4v) is 8.07. The van der Waals surface area contributed by atoms with Gasteiger partial charge in [0, 0.05) is 0 Å². The molecule has 0 spiro atoms. The van der Waals surface area contributed by atoms with Gasteiger partial charge < -0.3 is 0 Å². The molecule has 0 N–H and O–H groups in total. The molecule has 0 aromatic heterocycles. The van der Waals surface area contributed by atoms with Gasteiger partial charge in [0.15, 0.2) is 0 Å². The number of hydrogen-bond donors (Lipinski definition) is 0. The molecule has 0 aliphatic heterocycles. The van der Waals surface area contributed by atoms with Crippen LogP contribution in [0.3, 0.4) is 0 Å². The van der Waals surface area contributed by atoms with Crippen molar-refractivity contribution in [2.24, 2.45) is 40.4 Å². The Hall–Kier alpha value is 0. The minimum atomic E-state index is 0.716. The molecule has 0 nitrogen and oxygen atoms in total. The molecule has 4 aliphatic carbocycles. The highest BCUT2D eigenvalue weighted by Gasteiger charge is 2.59. The van der Waals surface area contributed by atoms with Crippen LogP contribution in [0.15, 0.2) is 0 Å². The van der Waals surface area contributed by atoms with E-state index >= 15 is 0 Å². The molecule has 0 aromatic rings. The first-order chi connectivity index (χ1) is 10.1. The van der Waals surface area contributed by atoms with Crippen molar-refractivity contribution in [1.29, 1.82) is 0 Å². The van der Waals surface area contributed by atoms with Crippen LogP contribution in [0, 0.1) is 40.4 Å². The molecule has 0 saturated heterocycles. The highest BCUT2D eigenvalue weighted by atomic mass is 14.6. The minimum absolute atomic E-state index is 0.716. The zero-order valence-corrected chi connectivity index (χ0v) is 14.7. The third-order valence-electron chi connectivity index (χ3n) is 9.27. The Morgan fingerprint density at radius 1 is 0.762 bits per heavy atom. The lowest BCUT2D eigenvalue weighted by atomic mass is 9.45. The summed E-state index contributed by atoms with van der Waals surface area (Å²) in [6, 6.07) is 0. The van der Waals surface area contributed by atoms with Gasteiger partial charge in [-0.05, 0) is 91.8 Å². The van der Waals surface area contributed by atoms with E-state index in [1.807, 2.05) is 0 Å². The van der Waals surface area contributed by atoms with Crippen LogP contribution in [-0.4, -0.2) is 0 Å². The Balaban J connectivity index is 1.62. The molecule has 7 atom stereocenters. The summed E-state index contributed by atoms with van der Waals surface area (Å²) in [5.74, 6) is 5.39. The Labute approximate surface area is 132 Å². The second-order valence-electron chi connectivity index (χ2n) is 9.63. The van der Waals surface area contributed by atoms with E-state index in [1.54, 1.807) is 51.4 Å². The predicted molar refractivity (Wildman–Crippen MR) is 90.1 cm³/mol. The molecule has 1 unspecified atom stereocenters. The highest BCUT2D eigenvalue weighted by Crippen LogP contribution is 2.67. The lowest BCUT2D eigenvalue weighted by molar-refractivity contribution is -0.110. The molecule has 120 valence electrons. The van der Waals surface area contributed by atoms with Crippen LogP contribution in [0.25, 0.3) is 0 Å². The topological polar surface area (TPSA) is 0 Å². The van der Waals surface area contributed by atoms with Crippen LogP contribution in [0.2, 0.25) is 0 Å². The molecule has 0 radical (unpaired) electrons. The molecule has 21 heavy (non-hydrogen) atoms. The quantitative estimate of drug-likeness (QED) is 0.520. The van der Waals surface area contributed by atoms with E-state index in [2.05, 4.69) is 20.8 Å². The monoisotopic (exact) mass is 288 g/mol. The van der Waals surface area contributed by atoms with Crippen LogP contribution in [0.5, 0.6) is 0 Å². The van der Waals surface area contributed by atoms with Gasteiger partial charge in [-0.1, -0.05) is 40.0 Å². The molecular weight excluding hydrogens is 252 g/mol. The standard InChI is InChI=1S/C21H36/c1-4-15-9-11-18-17-10-8-16-7-5-6-13-20(16,2)19(17)12-14-21(15,18)3/h15-19H,4-14H2,1-3H3/t15-,16-,17-,18-,19-,20-,21?/m0/s1. The SMILES string of the molecule is CC[C@H]1CC[C@H]2[C@@H]3CC[C@@H]4CCCC[C@]4(C)[C@H]3CCC12C. The zero-order valence-electron chi connectivity index (χ0n) is 14.7.